The van der Waals surface area contributed by atoms with Crippen LogP contribution in [0.2, 0.25) is 0 Å². The summed E-state index contributed by atoms with van der Waals surface area (Å²) in [4.78, 5) is 0. The molecule has 1 heterocycles. The summed E-state index contributed by atoms with van der Waals surface area (Å²) in [6.45, 7) is 9.56. The van der Waals surface area contributed by atoms with Crippen molar-refractivity contribution in [3.8, 4) is 22.8 Å². The average molecular weight is 415 g/mol. The molecule has 0 amide bonds. The van der Waals surface area contributed by atoms with Crippen LogP contribution in [0.3, 0.4) is 0 Å². The molecule has 2 atom stereocenters. The molecule has 5 heteroatoms. The lowest BCUT2D eigenvalue weighted by Gasteiger charge is -2.50. The Morgan fingerprint density at radius 2 is 1.73 bits per heavy atom. The van der Waals surface area contributed by atoms with Gasteiger partial charge >= 0.3 is 0 Å². The number of benzene rings is 1. The van der Waals surface area contributed by atoms with E-state index in [1.54, 1.807) is 14.2 Å². The second-order valence-electron chi connectivity index (χ2n) is 9.04. The SMILES string of the molecule is CC.COc1ccc(-c2cc(CNC34CC(C)CC(CC(C)C3)C4)no2)c(OC)c1. The summed E-state index contributed by atoms with van der Waals surface area (Å²) in [7, 11) is 3.30. The number of nitrogens with zero attached hydrogens (tertiary/aromatic N) is 1. The highest BCUT2D eigenvalue weighted by Gasteiger charge is 2.43. The summed E-state index contributed by atoms with van der Waals surface area (Å²) in [5.74, 6) is 4.68. The zero-order chi connectivity index (χ0) is 21.7. The summed E-state index contributed by atoms with van der Waals surface area (Å²) in [6, 6.07) is 7.74. The highest BCUT2D eigenvalue weighted by atomic mass is 16.5. The quantitative estimate of drug-likeness (QED) is 0.621. The van der Waals surface area contributed by atoms with E-state index in [1.165, 1.54) is 32.1 Å². The molecule has 5 nitrogen and oxygen atoms in total. The fraction of sp³-hybridized carbons (Fsp3) is 0.640. The Hall–Kier alpha value is -2.01. The van der Waals surface area contributed by atoms with E-state index in [0.29, 0.717) is 0 Å². The van der Waals surface area contributed by atoms with Crippen molar-refractivity contribution in [1.82, 2.24) is 10.5 Å². The molecule has 0 saturated heterocycles. The van der Waals surface area contributed by atoms with E-state index in [2.05, 4.69) is 24.3 Å². The van der Waals surface area contributed by atoms with Gasteiger partial charge in [-0.05, 0) is 62.0 Å². The van der Waals surface area contributed by atoms with Gasteiger partial charge in [-0.15, -0.1) is 0 Å². The normalized spacial score (nSPS) is 27.7. The third-order valence-electron chi connectivity index (χ3n) is 6.51. The van der Waals surface area contributed by atoms with Crippen LogP contribution in [0.15, 0.2) is 28.8 Å². The molecule has 30 heavy (non-hydrogen) atoms. The molecule has 2 aromatic rings. The molecular weight excluding hydrogens is 376 g/mol. The maximum atomic E-state index is 5.64. The average Bonchev–Trinajstić information content (AvgIpc) is 3.21. The van der Waals surface area contributed by atoms with Crippen LogP contribution in [0.4, 0.5) is 0 Å². The number of hydrogen-bond donors (Lipinski definition) is 1. The van der Waals surface area contributed by atoms with Crippen molar-refractivity contribution >= 4 is 0 Å². The Balaban J connectivity index is 0.00000124. The molecule has 2 aliphatic rings. The first-order valence-corrected chi connectivity index (χ1v) is 11.4. The molecule has 2 aliphatic carbocycles. The molecule has 1 aromatic carbocycles. The number of nitrogens with one attached hydrogen (secondary N) is 1. The van der Waals surface area contributed by atoms with Gasteiger partial charge in [-0.2, -0.15) is 0 Å². The van der Waals surface area contributed by atoms with Crippen molar-refractivity contribution in [1.29, 1.82) is 0 Å². The van der Waals surface area contributed by atoms with Crippen molar-refractivity contribution in [2.75, 3.05) is 14.2 Å². The van der Waals surface area contributed by atoms with Crippen molar-refractivity contribution in [3.63, 3.8) is 0 Å². The van der Waals surface area contributed by atoms with Gasteiger partial charge in [0.2, 0.25) is 0 Å². The molecule has 4 rings (SSSR count). The first-order valence-electron chi connectivity index (χ1n) is 11.4. The second kappa shape index (κ2) is 9.86. The molecule has 1 aromatic heterocycles. The predicted molar refractivity (Wildman–Crippen MR) is 121 cm³/mol. The smallest absolute Gasteiger partial charge is 0.170 e. The first-order chi connectivity index (χ1) is 14.5. The maximum absolute atomic E-state index is 5.64. The second-order valence-corrected chi connectivity index (χ2v) is 9.04. The Labute approximate surface area is 181 Å². The molecule has 2 unspecified atom stereocenters. The lowest BCUT2D eigenvalue weighted by atomic mass is 9.61. The van der Waals surface area contributed by atoms with E-state index in [1.807, 2.05) is 38.1 Å². The van der Waals surface area contributed by atoms with Gasteiger partial charge in [0.05, 0.1) is 25.5 Å². The zero-order valence-corrected chi connectivity index (χ0v) is 19.5. The highest BCUT2D eigenvalue weighted by Crippen LogP contribution is 2.47. The van der Waals surface area contributed by atoms with E-state index in [0.717, 1.165) is 52.8 Å². The first kappa shape index (κ1) is 22.7. The van der Waals surface area contributed by atoms with Crippen molar-refractivity contribution < 1.29 is 14.0 Å². The zero-order valence-electron chi connectivity index (χ0n) is 19.5. The van der Waals surface area contributed by atoms with Gasteiger partial charge in [-0.3, -0.25) is 0 Å². The van der Waals surface area contributed by atoms with Crippen LogP contribution in [0, 0.1) is 17.8 Å². The van der Waals surface area contributed by atoms with E-state index < -0.39 is 0 Å². The molecule has 0 aliphatic heterocycles. The number of rotatable bonds is 6. The Morgan fingerprint density at radius 3 is 2.37 bits per heavy atom. The molecule has 1 N–H and O–H groups in total. The number of fused-ring (bicyclic) bond motifs is 2. The summed E-state index contributed by atoms with van der Waals surface area (Å²) in [6.07, 6.45) is 6.62. The van der Waals surface area contributed by atoms with E-state index in [9.17, 15) is 0 Å². The molecule has 2 saturated carbocycles. The number of aromatic nitrogens is 1. The minimum atomic E-state index is 0.261. The van der Waals surface area contributed by atoms with Crippen LogP contribution in [0.25, 0.3) is 11.3 Å². The molecular formula is C25H38N2O3. The number of ether oxygens (including phenoxy) is 2. The van der Waals surface area contributed by atoms with Crippen LogP contribution in [-0.2, 0) is 6.54 Å². The van der Waals surface area contributed by atoms with E-state index >= 15 is 0 Å². The van der Waals surface area contributed by atoms with Gasteiger partial charge < -0.3 is 19.3 Å². The van der Waals surface area contributed by atoms with Gasteiger partial charge in [-0.25, -0.2) is 0 Å². The van der Waals surface area contributed by atoms with Gasteiger partial charge in [0.1, 0.15) is 11.5 Å². The van der Waals surface area contributed by atoms with E-state index in [-0.39, 0.29) is 5.54 Å². The predicted octanol–water partition coefficient (Wildman–Crippen LogP) is 6.08. The third-order valence-corrected chi connectivity index (χ3v) is 6.51. The molecule has 0 spiro atoms. The Bertz CT molecular complexity index is 797. The van der Waals surface area contributed by atoms with Crippen LogP contribution in [-0.4, -0.2) is 24.9 Å². The maximum Gasteiger partial charge on any atom is 0.170 e. The topological polar surface area (TPSA) is 56.5 Å². The minimum Gasteiger partial charge on any atom is -0.497 e. The van der Waals surface area contributed by atoms with Crippen molar-refractivity contribution in [3.05, 3.63) is 30.0 Å². The fourth-order valence-corrected chi connectivity index (χ4v) is 5.72. The fourth-order valence-electron chi connectivity index (χ4n) is 5.72. The number of hydrogen-bond acceptors (Lipinski definition) is 5. The molecule has 166 valence electrons. The Kier molecular flexibility index (Phi) is 7.45. The van der Waals surface area contributed by atoms with Gasteiger partial charge in [-0.1, -0.05) is 32.9 Å². The standard InChI is InChI=1S/C23H32N2O3.C2H6/c1-15-7-17-8-16(2)12-23(11-15,13-17)24-14-18-9-22(28-25-18)20-6-5-19(26-3)10-21(20)27-4;1-2/h5-6,9-10,15-17,24H,7-8,11-14H2,1-4H3;1-2H3. The van der Waals surface area contributed by atoms with Crippen molar-refractivity contribution in [2.24, 2.45) is 17.8 Å². The number of methoxy groups -OCH3 is 2. The van der Waals surface area contributed by atoms with Crippen LogP contribution in [0.5, 0.6) is 11.5 Å². The molecule has 0 radical (unpaired) electrons. The van der Waals surface area contributed by atoms with E-state index in [4.69, 9.17) is 14.0 Å². The van der Waals surface area contributed by atoms with Gasteiger partial charge in [0.15, 0.2) is 5.76 Å². The summed E-state index contributed by atoms with van der Waals surface area (Å²) < 4.78 is 16.4. The third kappa shape index (κ3) is 5.00. The minimum absolute atomic E-state index is 0.261. The lowest BCUT2D eigenvalue weighted by Crippen LogP contribution is -2.54. The highest BCUT2D eigenvalue weighted by molar-refractivity contribution is 5.67. The lowest BCUT2D eigenvalue weighted by molar-refractivity contribution is 0.0538. The Morgan fingerprint density at radius 1 is 1.03 bits per heavy atom. The van der Waals surface area contributed by atoms with Crippen LogP contribution >= 0.6 is 0 Å². The van der Waals surface area contributed by atoms with Crippen molar-refractivity contribution in [2.45, 2.75) is 71.9 Å². The summed E-state index contributed by atoms with van der Waals surface area (Å²) >= 11 is 0. The van der Waals surface area contributed by atoms with Gasteiger partial charge in [0, 0.05) is 24.2 Å². The summed E-state index contributed by atoms with van der Waals surface area (Å²) in [5.41, 5.74) is 2.09. The monoisotopic (exact) mass is 414 g/mol. The van der Waals surface area contributed by atoms with Crippen LogP contribution in [0.1, 0.15) is 65.5 Å². The summed E-state index contributed by atoms with van der Waals surface area (Å²) in [5, 5.41) is 8.19. The van der Waals surface area contributed by atoms with Crippen LogP contribution < -0.4 is 14.8 Å². The molecule has 2 bridgehead atoms. The van der Waals surface area contributed by atoms with Gasteiger partial charge in [0.25, 0.3) is 0 Å². The largest absolute Gasteiger partial charge is 0.497 e. The molecule has 2 fully saturated rings.